The second kappa shape index (κ2) is 3.84. The Morgan fingerprint density at radius 2 is 2.33 bits per heavy atom. The molecule has 0 saturated carbocycles. The van der Waals surface area contributed by atoms with Gasteiger partial charge in [0.25, 0.3) is 0 Å². The van der Waals surface area contributed by atoms with Gasteiger partial charge in [-0.1, -0.05) is 0 Å². The van der Waals surface area contributed by atoms with Gasteiger partial charge >= 0.3 is 0 Å². The molecule has 1 fully saturated rings. The fraction of sp³-hybridized carbons (Fsp3) is 0.500. The molecule has 0 atom stereocenters. The van der Waals surface area contributed by atoms with E-state index in [1.807, 2.05) is 0 Å². The van der Waals surface area contributed by atoms with E-state index in [2.05, 4.69) is 10.8 Å². The number of cyclic esters (lactones) is 1. The molecule has 50 valence electrons. The van der Waals surface area contributed by atoms with Crippen molar-refractivity contribution in [2.75, 3.05) is 6.61 Å². The summed E-state index contributed by atoms with van der Waals surface area (Å²) in [6, 6.07) is 0. The third kappa shape index (κ3) is 1.94. The zero-order chi connectivity index (χ0) is 5.98. The van der Waals surface area contributed by atoms with Crippen LogP contribution in [0.3, 0.4) is 0 Å². The smallest absolute Gasteiger partial charge is 0.171 e. The number of ether oxygens (including phenoxy) is 1. The molecule has 1 heterocycles. The Bertz CT molecular complexity index is 140. The van der Waals surface area contributed by atoms with E-state index in [4.69, 9.17) is 0 Å². The molecule has 0 unspecified atom stereocenters. The maximum Gasteiger partial charge on any atom is 0.171 e. The number of hydrogen-bond acceptors (Lipinski definition) is 2. The molecule has 0 bridgehead atoms. The van der Waals surface area contributed by atoms with Gasteiger partial charge in [-0.15, -0.1) is 12.5 Å². The number of carbonyl (C=O) groups is 1. The van der Waals surface area contributed by atoms with Gasteiger partial charge < -0.3 is 9.53 Å². The average molecular weight is 295 g/mol. The van der Waals surface area contributed by atoms with Gasteiger partial charge in [0, 0.05) is 21.1 Å². The van der Waals surface area contributed by atoms with Crippen LogP contribution in [-0.2, 0) is 30.6 Å². The first-order valence-corrected chi connectivity index (χ1v) is 2.55. The molecule has 1 aliphatic rings. The molecular weight excluding hydrogens is 288 g/mol. The van der Waals surface area contributed by atoms with Crippen LogP contribution in [0.1, 0.15) is 13.3 Å². The Labute approximate surface area is 68.5 Å². The van der Waals surface area contributed by atoms with E-state index in [9.17, 15) is 4.79 Å². The summed E-state index contributed by atoms with van der Waals surface area (Å²) in [6.07, 6.45) is 3.49. The maximum atomic E-state index is 10.5. The van der Waals surface area contributed by atoms with Crippen molar-refractivity contribution in [2.45, 2.75) is 13.3 Å². The van der Waals surface area contributed by atoms with Crippen LogP contribution in [0.4, 0.5) is 0 Å². The molecule has 1 rings (SSSR count). The summed E-state index contributed by atoms with van der Waals surface area (Å²) in [4.78, 5) is 10.5. The number of carbonyl (C=O) groups excluding carboxylic acids is 1. The largest absolute Gasteiger partial charge is 0.547 e. The quantitative estimate of drug-likeness (QED) is 0.373. The van der Waals surface area contributed by atoms with Gasteiger partial charge in [-0.25, -0.2) is 0 Å². The van der Waals surface area contributed by atoms with E-state index in [1.54, 1.807) is 6.92 Å². The van der Waals surface area contributed by atoms with Crippen LogP contribution in [0.2, 0.25) is 0 Å². The van der Waals surface area contributed by atoms with Gasteiger partial charge in [-0.3, -0.25) is 6.08 Å². The van der Waals surface area contributed by atoms with Gasteiger partial charge in [-0.2, -0.15) is 0 Å². The van der Waals surface area contributed by atoms with Crippen LogP contribution < -0.4 is 0 Å². The normalized spacial score (nSPS) is 21.4. The summed E-state index contributed by atoms with van der Waals surface area (Å²) in [6.45, 7) is 2.26. The molecule has 0 aromatic rings. The molecule has 1 aliphatic heterocycles. The average Bonchev–Trinajstić information content (AvgIpc) is 2.14. The predicted molar refractivity (Wildman–Crippen MR) is 28.0 cm³/mol. The fourth-order valence-corrected chi connectivity index (χ4v) is 0.662. The second-order valence-corrected chi connectivity index (χ2v) is 1.61. The van der Waals surface area contributed by atoms with Gasteiger partial charge in [0.1, 0.15) is 0 Å². The summed E-state index contributed by atoms with van der Waals surface area (Å²) in [5.41, 5.74) is 0.685. The second-order valence-electron chi connectivity index (χ2n) is 1.61. The summed E-state index contributed by atoms with van der Waals surface area (Å²) in [5, 5.41) is 0. The van der Waals surface area contributed by atoms with Crippen molar-refractivity contribution in [1.82, 2.24) is 0 Å². The molecule has 0 amide bonds. The first-order valence-electron chi connectivity index (χ1n) is 2.55. The zero-order valence-electron chi connectivity index (χ0n) is 5.14. The van der Waals surface area contributed by atoms with Crippen molar-refractivity contribution in [3.63, 3.8) is 0 Å². The Balaban J connectivity index is 0.000000640. The molecule has 0 aliphatic carbocycles. The molecule has 0 aromatic heterocycles. The maximum absolute atomic E-state index is 10.5. The van der Waals surface area contributed by atoms with Gasteiger partial charge in [-0.05, 0) is 6.42 Å². The van der Waals surface area contributed by atoms with Gasteiger partial charge in [0.05, 0.1) is 6.61 Å². The molecule has 1 saturated heterocycles. The van der Waals surface area contributed by atoms with Crippen LogP contribution in [0.5, 0.6) is 0 Å². The van der Waals surface area contributed by atoms with Crippen molar-refractivity contribution in [3.05, 3.63) is 11.6 Å². The predicted octanol–water partition coefficient (Wildman–Crippen LogP) is 0.680. The molecule has 0 radical (unpaired) electrons. The van der Waals surface area contributed by atoms with Crippen LogP contribution >= 0.6 is 0 Å². The van der Waals surface area contributed by atoms with Crippen LogP contribution in [-0.4, -0.2) is 12.6 Å². The van der Waals surface area contributed by atoms with E-state index in [1.165, 1.54) is 0 Å². The van der Waals surface area contributed by atoms with E-state index in [0.29, 0.717) is 12.2 Å². The Morgan fingerprint density at radius 1 is 1.67 bits per heavy atom. The number of rotatable bonds is 0. The molecule has 2 nitrogen and oxygen atoms in total. The first kappa shape index (κ1) is 8.90. The third-order valence-corrected chi connectivity index (χ3v) is 1.13. The summed E-state index contributed by atoms with van der Waals surface area (Å²) < 4.78 is 4.62. The van der Waals surface area contributed by atoms with Crippen molar-refractivity contribution >= 4 is 5.97 Å². The van der Waals surface area contributed by atoms with Gasteiger partial charge in [0.2, 0.25) is 0 Å². The van der Waals surface area contributed by atoms with Crippen molar-refractivity contribution in [2.24, 2.45) is 0 Å². The monoisotopic (exact) mass is 295 g/mol. The molecule has 0 aromatic carbocycles. The Hall–Kier alpha value is -0.102. The van der Waals surface area contributed by atoms with Crippen LogP contribution in [0.25, 0.3) is 0 Å². The minimum atomic E-state index is -0.201. The first-order chi connectivity index (χ1) is 3.84. The molecular formula is C6H7O2W-. The summed E-state index contributed by atoms with van der Waals surface area (Å²) >= 11 is 0. The van der Waals surface area contributed by atoms with E-state index >= 15 is 0 Å². The molecule has 0 spiro atoms. The van der Waals surface area contributed by atoms with E-state index < -0.39 is 0 Å². The zero-order valence-corrected chi connectivity index (χ0v) is 8.07. The number of esters is 1. The van der Waals surface area contributed by atoms with Crippen LogP contribution in [0.15, 0.2) is 5.57 Å². The topological polar surface area (TPSA) is 26.3 Å². The summed E-state index contributed by atoms with van der Waals surface area (Å²) in [7, 11) is 0. The summed E-state index contributed by atoms with van der Waals surface area (Å²) in [5.74, 6) is -0.201. The number of allylic oxidation sites excluding steroid dienone is 1. The number of hydrogen-bond donors (Lipinski definition) is 0. The van der Waals surface area contributed by atoms with Crippen molar-refractivity contribution < 1.29 is 30.6 Å². The Morgan fingerprint density at radius 3 is 2.56 bits per heavy atom. The van der Waals surface area contributed by atoms with Crippen molar-refractivity contribution in [3.8, 4) is 0 Å². The third-order valence-electron chi connectivity index (χ3n) is 1.13. The van der Waals surface area contributed by atoms with Gasteiger partial charge in [0.15, 0.2) is 5.97 Å². The molecule has 0 N–H and O–H groups in total. The van der Waals surface area contributed by atoms with E-state index in [-0.39, 0.29) is 27.0 Å². The minimum Gasteiger partial charge on any atom is -0.547 e. The molecule has 9 heavy (non-hydrogen) atoms. The molecule has 3 heteroatoms. The van der Waals surface area contributed by atoms with Crippen LogP contribution in [0, 0.1) is 6.08 Å². The fourth-order valence-electron chi connectivity index (χ4n) is 0.662. The SMILES string of the molecule is C[C-]=C1CCOC1=O.[W]. The standard InChI is InChI=1S/C6H7O2.W/c1-2-5-3-4-8-6(5)7;/h3-4H2,1H3;/q-1;. The Kier molecular flexibility index (Phi) is 3.79. The van der Waals surface area contributed by atoms with E-state index in [0.717, 1.165) is 6.42 Å². The minimum absolute atomic E-state index is 0. The van der Waals surface area contributed by atoms with Crippen molar-refractivity contribution in [1.29, 1.82) is 0 Å².